The number of carbonyl (C=O) groups excluding carboxylic acids is 2. The number of hydrogen-bond donors (Lipinski definition) is 1. The molecule has 2 amide bonds. The first-order valence-corrected chi connectivity index (χ1v) is 10.3. The molecule has 0 aromatic heterocycles. The van der Waals surface area contributed by atoms with Crippen molar-refractivity contribution in [2.45, 2.75) is 12.8 Å². The largest absolute Gasteiger partial charge is 0.378 e. The van der Waals surface area contributed by atoms with Crippen LogP contribution in [-0.2, 0) is 4.79 Å². The van der Waals surface area contributed by atoms with E-state index in [-0.39, 0.29) is 17.7 Å². The van der Waals surface area contributed by atoms with Gasteiger partial charge in [-0.2, -0.15) is 0 Å². The molecule has 0 bridgehead atoms. The van der Waals surface area contributed by atoms with Gasteiger partial charge in [-0.1, -0.05) is 42.5 Å². The molecule has 1 heterocycles. The molecule has 3 aromatic rings. The van der Waals surface area contributed by atoms with Gasteiger partial charge in [-0.05, 0) is 52.9 Å². The molecule has 0 aliphatic carbocycles. The fourth-order valence-corrected chi connectivity index (χ4v) is 4.23. The maximum absolute atomic E-state index is 13.3. The van der Waals surface area contributed by atoms with E-state index in [0.29, 0.717) is 31.5 Å². The minimum atomic E-state index is -0.267. The van der Waals surface area contributed by atoms with Gasteiger partial charge in [-0.3, -0.25) is 9.59 Å². The summed E-state index contributed by atoms with van der Waals surface area (Å²) in [5.41, 5.74) is 9.50. The second kappa shape index (κ2) is 8.19. The van der Waals surface area contributed by atoms with Crippen LogP contribution in [0.15, 0.2) is 60.7 Å². The van der Waals surface area contributed by atoms with Gasteiger partial charge in [-0.15, -0.1) is 0 Å². The van der Waals surface area contributed by atoms with Crippen molar-refractivity contribution in [3.05, 3.63) is 66.2 Å². The number of piperidine rings is 1. The predicted molar refractivity (Wildman–Crippen MR) is 122 cm³/mol. The number of rotatable bonds is 4. The van der Waals surface area contributed by atoms with Crippen molar-refractivity contribution in [3.8, 4) is 11.1 Å². The lowest BCUT2D eigenvalue weighted by atomic mass is 9.92. The summed E-state index contributed by atoms with van der Waals surface area (Å²) in [6, 6.07) is 20.4. The normalized spacial score (nSPS) is 14.7. The topological polar surface area (TPSA) is 66.6 Å². The Kier molecular flexibility index (Phi) is 5.44. The average molecular weight is 402 g/mol. The lowest BCUT2D eigenvalue weighted by Gasteiger charge is -2.31. The van der Waals surface area contributed by atoms with Crippen LogP contribution in [0, 0.1) is 5.92 Å². The maximum Gasteiger partial charge on any atom is 0.254 e. The summed E-state index contributed by atoms with van der Waals surface area (Å²) in [4.78, 5) is 28.6. The van der Waals surface area contributed by atoms with E-state index >= 15 is 0 Å². The average Bonchev–Trinajstić information content (AvgIpc) is 2.78. The van der Waals surface area contributed by atoms with Gasteiger partial charge in [0.25, 0.3) is 5.91 Å². The Hall–Kier alpha value is -3.34. The maximum atomic E-state index is 13.3. The van der Waals surface area contributed by atoms with Crippen LogP contribution in [0.5, 0.6) is 0 Å². The quantitative estimate of drug-likeness (QED) is 0.721. The molecule has 1 fully saturated rings. The van der Waals surface area contributed by atoms with Gasteiger partial charge >= 0.3 is 0 Å². The first-order chi connectivity index (χ1) is 14.5. The molecule has 2 N–H and O–H groups in total. The number of carbonyl (C=O) groups is 2. The highest BCUT2D eigenvalue weighted by Gasteiger charge is 2.27. The second-order valence-corrected chi connectivity index (χ2v) is 8.12. The van der Waals surface area contributed by atoms with Crippen molar-refractivity contribution >= 4 is 28.3 Å². The molecule has 30 heavy (non-hydrogen) atoms. The van der Waals surface area contributed by atoms with Crippen LogP contribution in [0.3, 0.4) is 0 Å². The Labute approximate surface area is 177 Å². The van der Waals surface area contributed by atoms with Crippen molar-refractivity contribution in [2.24, 2.45) is 11.7 Å². The minimum Gasteiger partial charge on any atom is -0.378 e. The number of amides is 2. The number of fused-ring (bicyclic) bond motifs is 1. The molecule has 1 aliphatic rings. The van der Waals surface area contributed by atoms with Crippen LogP contribution in [0.1, 0.15) is 23.2 Å². The zero-order valence-corrected chi connectivity index (χ0v) is 17.5. The smallest absolute Gasteiger partial charge is 0.254 e. The Morgan fingerprint density at radius 1 is 0.933 bits per heavy atom. The fourth-order valence-electron chi connectivity index (χ4n) is 4.23. The summed E-state index contributed by atoms with van der Waals surface area (Å²) < 4.78 is 0. The van der Waals surface area contributed by atoms with Gasteiger partial charge in [-0.25, -0.2) is 0 Å². The summed E-state index contributed by atoms with van der Waals surface area (Å²) in [5, 5.41) is 2.01. The number of anilines is 1. The summed E-state index contributed by atoms with van der Waals surface area (Å²) in [7, 11) is 4.06. The number of nitrogens with two attached hydrogens (primary N) is 1. The highest BCUT2D eigenvalue weighted by molar-refractivity contribution is 6.11. The molecule has 0 atom stereocenters. The van der Waals surface area contributed by atoms with E-state index in [1.165, 1.54) is 0 Å². The van der Waals surface area contributed by atoms with Gasteiger partial charge in [0.15, 0.2) is 0 Å². The van der Waals surface area contributed by atoms with Crippen molar-refractivity contribution in [3.63, 3.8) is 0 Å². The zero-order valence-electron chi connectivity index (χ0n) is 17.5. The zero-order chi connectivity index (χ0) is 21.3. The fraction of sp³-hybridized carbons (Fsp3) is 0.280. The molecule has 0 saturated carbocycles. The standard InChI is InChI=1S/C25H27N3O2/c1-27(2)19-7-5-6-18(16-19)20-10-11-23(22-9-4-3-8-21(20)22)25(30)28-14-12-17(13-15-28)24(26)29/h3-11,16-17H,12-15H2,1-2H3,(H2,26,29). The van der Waals surface area contributed by atoms with Crippen molar-refractivity contribution in [2.75, 3.05) is 32.1 Å². The van der Waals surface area contributed by atoms with E-state index in [9.17, 15) is 9.59 Å². The number of primary amides is 1. The van der Waals surface area contributed by atoms with E-state index < -0.39 is 0 Å². The first kappa shape index (κ1) is 20.0. The Balaban J connectivity index is 1.71. The van der Waals surface area contributed by atoms with Crippen LogP contribution in [0.25, 0.3) is 21.9 Å². The lowest BCUT2D eigenvalue weighted by Crippen LogP contribution is -2.41. The number of nitrogens with zero attached hydrogens (tertiary/aromatic N) is 2. The molecular formula is C25H27N3O2. The van der Waals surface area contributed by atoms with E-state index in [4.69, 9.17) is 5.73 Å². The lowest BCUT2D eigenvalue weighted by molar-refractivity contribution is -0.123. The van der Waals surface area contributed by atoms with E-state index in [2.05, 4.69) is 35.2 Å². The molecule has 1 saturated heterocycles. The monoisotopic (exact) mass is 401 g/mol. The summed E-state index contributed by atoms with van der Waals surface area (Å²) in [6.45, 7) is 1.13. The van der Waals surface area contributed by atoms with Crippen LogP contribution in [0.2, 0.25) is 0 Å². The summed E-state index contributed by atoms with van der Waals surface area (Å²) >= 11 is 0. The predicted octanol–water partition coefficient (Wildman–Crippen LogP) is 3.91. The highest BCUT2D eigenvalue weighted by atomic mass is 16.2. The number of benzene rings is 3. The van der Waals surface area contributed by atoms with Gasteiger partial charge in [0, 0.05) is 44.4 Å². The molecule has 5 nitrogen and oxygen atoms in total. The Bertz CT molecular complexity index is 1100. The van der Waals surface area contributed by atoms with Crippen LogP contribution >= 0.6 is 0 Å². The van der Waals surface area contributed by atoms with E-state index in [1.807, 2.05) is 49.3 Å². The third-order valence-corrected chi connectivity index (χ3v) is 6.01. The molecule has 5 heteroatoms. The van der Waals surface area contributed by atoms with Gasteiger partial charge < -0.3 is 15.5 Å². The van der Waals surface area contributed by atoms with Crippen molar-refractivity contribution < 1.29 is 9.59 Å². The van der Waals surface area contributed by atoms with Gasteiger partial charge in [0.1, 0.15) is 0 Å². The molecule has 4 rings (SSSR count). The molecule has 0 spiro atoms. The van der Waals surface area contributed by atoms with Crippen molar-refractivity contribution in [1.29, 1.82) is 0 Å². The van der Waals surface area contributed by atoms with Crippen molar-refractivity contribution in [1.82, 2.24) is 4.90 Å². The Morgan fingerprint density at radius 3 is 2.30 bits per heavy atom. The minimum absolute atomic E-state index is 0.0164. The van der Waals surface area contributed by atoms with Gasteiger partial charge in [0.2, 0.25) is 5.91 Å². The van der Waals surface area contributed by atoms with Gasteiger partial charge in [0.05, 0.1) is 0 Å². The molecule has 0 unspecified atom stereocenters. The molecular weight excluding hydrogens is 374 g/mol. The third kappa shape index (κ3) is 3.75. The summed E-state index contributed by atoms with van der Waals surface area (Å²) in [6.07, 6.45) is 1.27. The summed E-state index contributed by atoms with van der Waals surface area (Å²) in [5.74, 6) is -0.378. The highest BCUT2D eigenvalue weighted by Crippen LogP contribution is 2.33. The Morgan fingerprint density at radius 2 is 1.63 bits per heavy atom. The second-order valence-electron chi connectivity index (χ2n) is 8.12. The first-order valence-electron chi connectivity index (χ1n) is 10.3. The SMILES string of the molecule is CN(C)c1cccc(-c2ccc(C(=O)N3CCC(C(N)=O)CC3)c3ccccc23)c1. The number of likely N-dealkylation sites (tertiary alicyclic amines) is 1. The third-order valence-electron chi connectivity index (χ3n) is 6.01. The molecule has 1 aliphatic heterocycles. The molecule has 154 valence electrons. The van der Waals surface area contributed by atoms with E-state index in [1.54, 1.807) is 0 Å². The number of hydrogen-bond acceptors (Lipinski definition) is 3. The molecule has 0 radical (unpaired) electrons. The van der Waals surface area contributed by atoms with Crippen LogP contribution in [0.4, 0.5) is 5.69 Å². The molecule has 3 aromatic carbocycles. The van der Waals surface area contributed by atoms with Crippen LogP contribution < -0.4 is 10.6 Å². The van der Waals surface area contributed by atoms with E-state index in [0.717, 1.165) is 27.6 Å². The van der Waals surface area contributed by atoms with Crippen LogP contribution in [-0.4, -0.2) is 43.9 Å².